The van der Waals surface area contributed by atoms with Crippen molar-refractivity contribution in [2.24, 2.45) is 0 Å². The number of ether oxygens (including phenoxy) is 1. The molecule has 2 aromatic carbocycles. The van der Waals surface area contributed by atoms with E-state index in [1.54, 1.807) is 63.2 Å². The second-order valence-corrected chi connectivity index (χ2v) is 6.47. The predicted octanol–water partition coefficient (Wildman–Crippen LogP) is 3.30. The minimum Gasteiger partial charge on any atom is -0.459 e. The van der Waals surface area contributed by atoms with E-state index in [0.29, 0.717) is 22.3 Å². The first-order chi connectivity index (χ1) is 11.8. The van der Waals surface area contributed by atoms with E-state index >= 15 is 0 Å². The molecule has 0 aliphatic rings. The zero-order chi connectivity index (χ0) is 18.4. The first kappa shape index (κ1) is 18.2. The monoisotopic (exact) mass is 336 g/mol. The van der Waals surface area contributed by atoms with Crippen LogP contribution in [0.15, 0.2) is 48.5 Å². The minimum atomic E-state index is -0.606. The number of hydrogen-bond donors (Lipinski definition) is 1. The van der Waals surface area contributed by atoms with E-state index in [4.69, 9.17) is 4.74 Å². The van der Waals surface area contributed by atoms with Gasteiger partial charge in [0.1, 0.15) is 12.1 Å². The maximum absolute atomic E-state index is 12.5. The molecule has 0 heterocycles. The van der Waals surface area contributed by atoms with Gasteiger partial charge in [0.25, 0.3) is 5.91 Å². The molecule has 128 valence electrons. The summed E-state index contributed by atoms with van der Waals surface area (Å²) in [6.45, 7) is 5.08. The van der Waals surface area contributed by atoms with Gasteiger partial charge in [-0.3, -0.25) is 9.59 Å². The molecule has 0 aliphatic carbocycles. The van der Waals surface area contributed by atoms with Gasteiger partial charge in [0, 0.05) is 11.1 Å². The SMILES string of the molecule is CC(C)(C)OC(=O)CNC(=O)c1ccccc1-c1ccccc1C#N. The van der Waals surface area contributed by atoms with Crippen molar-refractivity contribution in [1.29, 1.82) is 5.26 Å². The molecular formula is C20H20N2O3. The normalized spacial score (nSPS) is 10.6. The van der Waals surface area contributed by atoms with Crippen molar-refractivity contribution in [2.45, 2.75) is 26.4 Å². The highest BCUT2D eigenvalue weighted by Gasteiger charge is 2.19. The summed E-state index contributed by atoms with van der Waals surface area (Å²) in [5, 5.41) is 11.9. The van der Waals surface area contributed by atoms with Gasteiger partial charge in [-0.1, -0.05) is 36.4 Å². The molecule has 0 radical (unpaired) electrons. The number of benzene rings is 2. The molecule has 0 bridgehead atoms. The van der Waals surface area contributed by atoms with Crippen molar-refractivity contribution in [3.63, 3.8) is 0 Å². The smallest absolute Gasteiger partial charge is 0.325 e. The number of hydrogen-bond acceptors (Lipinski definition) is 4. The largest absolute Gasteiger partial charge is 0.459 e. The molecule has 2 aromatic rings. The van der Waals surface area contributed by atoms with Crippen LogP contribution in [-0.4, -0.2) is 24.0 Å². The highest BCUT2D eigenvalue weighted by atomic mass is 16.6. The number of nitriles is 1. The fourth-order valence-corrected chi connectivity index (χ4v) is 2.36. The number of esters is 1. The Balaban J connectivity index is 2.22. The Kier molecular flexibility index (Phi) is 5.56. The lowest BCUT2D eigenvalue weighted by Crippen LogP contribution is -2.34. The van der Waals surface area contributed by atoms with Gasteiger partial charge in [-0.15, -0.1) is 0 Å². The fraction of sp³-hybridized carbons (Fsp3) is 0.250. The van der Waals surface area contributed by atoms with Crippen LogP contribution in [0.4, 0.5) is 0 Å². The molecule has 2 rings (SSSR count). The van der Waals surface area contributed by atoms with E-state index in [9.17, 15) is 14.9 Å². The molecule has 0 aliphatic heterocycles. The lowest BCUT2D eigenvalue weighted by Gasteiger charge is -2.19. The van der Waals surface area contributed by atoms with E-state index in [-0.39, 0.29) is 6.54 Å². The quantitative estimate of drug-likeness (QED) is 0.869. The third-order valence-electron chi connectivity index (χ3n) is 3.32. The maximum atomic E-state index is 12.5. The summed E-state index contributed by atoms with van der Waals surface area (Å²) in [5.74, 6) is -0.898. The van der Waals surface area contributed by atoms with Gasteiger partial charge in [-0.25, -0.2) is 0 Å². The average molecular weight is 336 g/mol. The maximum Gasteiger partial charge on any atom is 0.325 e. The Morgan fingerprint density at radius 3 is 2.28 bits per heavy atom. The summed E-state index contributed by atoms with van der Waals surface area (Å²) < 4.78 is 5.18. The van der Waals surface area contributed by atoms with E-state index in [2.05, 4.69) is 11.4 Å². The van der Waals surface area contributed by atoms with Crippen molar-refractivity contribution < 1.29 is 14.3 Å². The van der Waals surface area contributed by atoms with Gasteiger partial charge in [-0.05, 0) is 38.5 Å². The lowest BCUT2D eigenvalue weighted by atomic mass is 9.95. The Labute approximate surface area is 147 Å². The van der Waals surface area contributed by atoms with Crippen molar-refractivity contribution in [3.05, 3.63) is 59.7 Å². The zero-order valence-corrected chi connectivity index (χ0v) is 14.5. The van der Waals surface area contributed by atoms with Gasteiger partial charge in [0.2, 0.25) is 0 Å². The van der Waals surface area contributed by atoms with Crippen molar-refractivity contribution in [3.8, 4) is 17.2 Å². The average Bonchev–Trinajstić information content (AvgIpc) is 2.58. The molecule has 1 amide bonds. The van der Waals surface area contributed by atoms with E-state index in [0.717, 1.165) is 0 Å². The summed E-state index contributed by atoms with van der Waals surface area (Å²) >= 11 is 0. The van der Waals surface area contributed by atoms with Crippen molar-refractivity contribution >= 4 is 11.9 Å². The molecule has 25 heavy (non-hydrogen) atoms. The number of carbonyl (C=O) groups is 2. The Morgan fingerprint density at radius 2 is 1.64 bits per heavy atom. The summed E-state index contributed by atoms with van der Waals surface area (Å²) in [6.07, 6.45) is 0. The molecular weight excluding hydrogens is 316 g/mol. The third kappa shape index (κ3) is 4.92. The third-order valence-corrected chi connectivity index (χ3v) is 3.32. The van der Waals surface area contributed by atoms with Crippen molar-refractivity contribution in [1.82, 2.24) is 5.32 Å². The summed E-state index contributed by atoms with van der Waals surface area (Å²) in [4.78, 5) is 24.3. The first-order valence-electron chi connectivity index (χ1n) is 7.90. The van der Waals surface area contributed by atoms with E-state index < -0.39 is 17.5 Å². The first-order valence-corrected chi connectivity index (χ1v) is 7.90. The number of carbonyl (C=O) groups excluding carboxylic acids is 2. The van der Waals surface area contributed by atoms with Gasteiger partial charge >= 0.3 is 5.97 Å². The molecule has 0 unspecified atom stereocenters. The standard InChI is InChI=1S/C20H20N2O3/c1-20(2,3)25-18(23)13-22-19(24)17-11-7-6-10-16(17)15-9-5-4-8-14(15)12-21/h4-11H,13H2,1-3H3,(H,22,24). The van der Waals surface area contributed by atoms with Gasteiger partial charge in [-0.2, -0.15) is 5.26 Å². The molecule has 0 fully saturated rings. The molecule has 0 aromatic heterocycles. The van der Waals surface area contributed by atoms with Gasteiger partial charge in [0.05, 0.1) is 11.6 Å². The second kappa shape index (κ2) is 7.63. The van der Waals surface area contributed by atoms with Crippen molar-refractivity contribution in [2.75, 3.05) is 6.54 Å². The minimum absolute atomic E-state index is 0.218. The molecule has 0 atom stereocenters. The second-order valence-electron chi connectivity index (χ2n) is 6.47. The molecule has 1 N–H and O–H groups in total. The van der Waals surface area contributed by atoms with E-state index in [1.165, 1.54) is 0 Å². The number of nitrogens with one attached hydrogen (secondary N) is 1. The zero-order valence-electron chi connectivity index (χ0n) is 14.5. The van der Waals surface area contributed by atoms with Crippen LogP contribution < -0.4 is 5.32 Å². The van der Waals surface area contributed by atoms with Crippen LogP contribution in [0.5, 0.6) is 0 Å². The number of nitrogens with zero attached hydrogens (tertiary/aromatic N) is 1. The summed E-state index contributed by atoms with van der Waals surface area (Å²) in [5.41, 5.74) is 1.59. The molecule has 0 saturated heterocycles. The van der Waals surface area contributed by atoms with Crippen LogP contribution >= 0.6 is 0 Å². The highest BCUT2D eigenvalue weighted by molar-refractivity contribution is 6.02. The summed E-state index contributed by atoms with van der Waals surface area (Å²) in [6, 6.07) is 16.2. The summed E-state index contributed by atoms with van der Waals surface area (Å²) in [7, 11) is 0. The van der Waals surface area contributed by atoms with Crippen LogP contribution in [0.25, 0.3) is 11.1 Å². The van der Waals surface area contributed by atoms with Crippen LogP contribution in [-0.2, 0) is 9.53 Å². The van der Waals surface area contributed by atoms with Gasteiger partial charge < -0.3 is 10.1 Å². The lowest BCUT2D eigenvalue weighted by molar-refractivity contribution is -0.153. The molecule has 0 spiro atoms. The molecule has 5 heteroatoms. The Hall–Kier alpha value is -3.13. The van der Waals surface area contributed by atoms with E-state index in [1.807, 2.05) is 6.07 Å². The van der Waals surface area contributed by atoms with Crippen LogP contribution in [0.3, 0.4) is 0 Å². The van der Waals surface area contributed by atoms with Crippen LogP contribution in [0.1, 0.15) is 36.7 Å². The number of rotatable bonds is 4. The Bertz CT molecular complexity index is 829. The van der Waals surface area contributed by atoms with Gasteiger partial charge in [0.15, 0.2) is 0 Å². The molecule has 0 saturated carbocycles. The van der Waals surface area contributed by atoms with Crippen LogP contribution in [0.2, 0.25) is 0 Å². The predicted molar refractivity (Wildman–Crippen MR) is 94.8 cm³/mol. The topological polar surface area (TPSA) is 79.2 Å². The van der Waals surface area contributed by atoms with Crippen LogP contribution in [0, 0.1) is 11.3 Å². The molecule has 5 nitrogen and oxygen atoms in total. The number of amides is 1. The Morgan fingerprint density at radius 1 is 1.04 bits per heavy atom. The fourth-order valence-electron chi connectivity index (χ4n) is 2.36. The highest BCUT2D eigenvalue weighted by Crippen LogP contribution is 2.26.